The number of carbonyl (C=O) groups excluding carboxylic acids is 1. The van der Waals surface area contributed by atoms with Crippen molar-refractivity contribution in [3.8, 4) is 0 Å². The van der Waals surface area contributed by atoms with Crippen LogP contribution in [-0.2, 0) is 6.42 Å². The summed E-state index contributed by atoms with van der Waals surface area (Å²) < 4.78 is 0. The number of nitrogens with zero attached hydrogens (tertiary/aromatic N) is 2. The second kappa shape index (κ2) is 13.3. The number of unbranched alkanes of at least 4 members (excludes halogenated alkanes) is 1. The lowest BCUT2D eigenvalue weighted by Gasteiger charge is -2.28. The minimum atomic E-state index is -0.673. The van der Waals surface area contributed by atoms with Crippen LogP contribution in [0.15, 0.2) is 24.3 Å². The fourth-order valence-electron chi connectivity index (χ4n) is 4.61. The Balaban J connectivity index is 1.33. The quantitative estimate of drug-likeness (QED) is 0.164. The van der Waals surface area contributed by atoms with Gasteiger partial charge in [0, 0.05) is 13.2 Å². The van der Waals surface area contributed by atoms with Crippen LogP contribution in [0.25, 0.3) is 0 Å². The number of halogens is 1. The normalized spacial score (nSPS) is 17.7. The molecule has 0 bridgehead atoms. The van der Waals surface area contributed by atoms with Crippen molar-refractivity contribution in [3.05, 3.63) is 46.2 Å². The number of hydrogen-bond donors (Lipinski definition) is 6. The zero-order valence-electron chi connectivity index (χ0n) is 20.0. The first-order valence-electron chi connectivity index (χ1n) is 12.3. The van der Waals surface area contributed by atoms with Gasteiger partial charge in [0.15, 0.2) is 28.4 Å². The van der Waals surface area contributed by atoms with Crippen molar-refractivity contribution in [1.29, 1.82) is 5.41 Å². The lowest BCUT2D eigenvalue weighted by atomic mass is 9.77. The second-order valence-corrected chi connectivity index (χ2v) is 9.53. The number of aliphatic hydroxyl groups is 1. The summed E-state index contributed by atoms with van der Waals surface area (Å²) in [6.45, 7) is 0.863. The molecule has 0 radical (unpaired) electrons. The molecule has 10 heteroatoms. The van der Waals surface area contributed by atoms with Crippen LogP contribution in [0, 0.1) is 11.3 Å². The average Bonchev–Trinajstić information content (AvgIpc) is 2.85. The van der Waals surface area contributed by atoms with Gasteiger partial charge in [-0.3, -0.25) is 15.5 Å². The lowest BCUT2D eigenvalue weighted by molar-refractivity contribution is 0.0971. The van der Waals surface area contributed by atoms with Crippen molar-refractivity contribution in [1.82, 2.24) is 20.6 Å². The molecule has 8 N–H and O–H groups in total. The van der Waals surface area contributed by atoms with Gasteiger partial charge in [-0.1, -0.05) is 35.9 Å². The summed E-state index contributed by atoms with van der Waals surface area (Å²) in [6.07, 6.45) is 9.89. The number of amides is 1. The molecule has 1 aromatic carbocycles. The zero-order valence-corrected chi connectivity index (χ0v) is 20.8. The molecule has 1 saturated carbocycles. The van der Waals surface area contributed by atoms with Crippen LogP contribution in [0.5, 0.6) is 0 Å². The largest absolute Gasteiger partial charge is 0.396 e. The number of nitrogens with two attached hydrogens (primary N) is 2. The number of aromatic nitrogens is 2. The molecular weight excluding hydrogens is 466 g/mol. The molecule has 1 heterocycles. The Labute approximate surface area is 211 Å². The van der Waals surface area contributed by atoms with Crippen LogP contribution in [0.2, 0.25) is 5.15 Å². The predicted octanol–water partition coefficient (Wildman–Crippen LogP) is 3.62. The number of nitrogens with one attached hydrogen (secondary N) is 3. The Morgan fingerprint density at radius 3 is 2.46 bits per heavy atom. The van der Waals surface area contributed by atoms with E-state index in [1.807, 2.05) is 0 Å². The molecule has 0 aliphatic heterocycles. The summed E-state index contributed by atoms with van der Waals surface area (Å²) in [5, 5.41) is 22.1. The van der Waals surface area contributed by atoms with E-state index in [1.54, 1.807) is 0 Å². The highest BCUT2D eigenvalue weighted by Gasteiger charge is 2.22. The third-order valence-electron chi connectivity index (χ3n) is 6.62. The smallest absolute Gasteiger partial charge is 0.280 e. The van der Waals surface area contributed by atoms with Crippen molar-refractivity contribution in [2.24, 2.45) is 5.92 Å². The summed E-state index contributed by atoms with van der Waals surface area (Å²) in [7, 11) is 0. The van der Waals surface area contributed by atoms with E-state index >= 15 is 0 Å². The first-order valence-corrected chi connectivity index (χ1v) is 12.7. The predicted molar refractivity (Wildman–Crippen MR) is 139 cm³/mol. The highest BCUT2D eigenvalue weighted by Crippen LogP contribution is 2.37. The number of benzene rings is 1. The topological polar surface area (TPSA) is 163 Å². The monoisotopic (exact) mass is 501 g/mol. The Bertz CT molecular complexity index is 992. The van der Waals surface area contributed by atoms with Crippen LogP contribution in [0.3, 0.4) is 0 Å². The van der Waals surface area contributed by atoms with E-state index in [-0.39, 0.29) is 28.4 Å². The van der Waals surface area contributed by atoms with Gasteiger partial charge in [-0.15, -0.1) is 0 Å². The van der Waals surface area contributed by atoms with Gasteiger partial charge in [0.2, 0.25) is 0 Å². The van der Waals surface area contributed by atoms with Crippen molar-refractivity contribution < 1.29 is 9.90 Å². The summed E-state index contributed by atoms with van der Waals surface area (Å²) >= 11 is 5.79. The van der Waals surface area contributed by atoms with Gasteiger partial charge in [0.25, 0.3) is 5.91 Å². The lowest BCUT2D eigenvalue weighted by Crippen LogP contribution is -2.41. The molecular formula is C25H36ClN7O2. The second-order valence-electron chi connectivity index (χ2n) is 9.17. The van der Waals surface area contributed by atoms with E-state index in [1.165, 1.54) is 36.8 Å². The molecule has 0 atom stereocenters. The molecule has 1 fully saturated rings. The molecule has 1 aliphatic carbocycles. The SMILES string of the molecule is N=C(NCCCCc1ccc(C2CCC(CCCO)CC2)cc1)NC(=O)c1nc(Cl)c(N)nc1N. The van der Waals surface area contributed by atoms with Gasteiger partial charge in [-0.05, 0) is 80.8 Å². The summed E-state index contributed by atoms with van der Waals surface area (Å²) in [5.74, 6) is 0.428. The number of guanidine groups is 1. The Hall–Kier alpha value is -2.91. The molecule has 2 aromatic rings. The van der Waals surface area contributed by atoms with E-state index in [9.17, 15) is 4.79 Å². The standard InChI is InChI=1S/C25H36ClN7O2/c26-21-23(28)32-22(27)20(31-21)24(35)33-25(29)30-14-2-1-4-16-6-10-18(11-7-16)19-12-8-17(9-13-19)5-3-15-34/h6-7,10-11,17,19,34H,1-5,8-9,12-15H2,(H4,27,28,32)(H3,29,30,33,35). The molecule has 9 nitrogen and oxygen atoms in total. The molecule has 1 amide bonds. The van der Waals surface area contributed by atoms with Gasteiger partial charge in [-0.2, -0.15) is 0 Å². The van der Waals surface area contributed by atoms with Crippen molar-refractivity contribution >= 4 is 35.1 Å². The average molecular weight is 502 g/mol. The van der Waals surface area contributed by atoms with E-state index in [0.717, 1.165) is 38.0 Å². The molecule has 0 saturated heterocycles. The van der Waals surface area contributed by atoms with Gasteiger partial charge in [0.05, 0.1) is 0 Å². The Morgan fingerprint density at radius 2 is 1.77 bits per heavy atom. The van der Waals surface area contributed by atoms with Crippen LogP contribution in [-0.4, -0.2) is 40.1 Å². The molecule has 1 aromatic heterocycles. The van der Waals surface area contributed by atoms with E-state index < -0.39 is 5.91 Å². The van der Waals surface area contributed by atoms with Crippen LogP contribution < -0.4 is 22.1 Å². The summed E-state index contributed by atoms with van der Waals surface area (Å²) in [6, 6.07) is 9.00. The fraction of sp³-hybridized carbons (Fsp3) is 0.520. The number of aliphatic hydroxyl groups excluding tert-OH is 1. The van der Waals surface area contributed by atoms with Gasteiger partial charge in [-0.25, -0.2) is 9.97 Å². The maximum atomic E-state index is 12.2. The van der Waals surface area contributed by atoms with Gasteiger partial charge >= 0.3 is 0 Å². The third kappa shape index (κ3) is 8.07. The maximum absolute atomic E-state index is 12.2. The molecule has 35 heavy (non-hydrogen) atoms. The van der Waals surface area contributed by atoms with Crippen LogP contribution in [0.4, 0.5) is 11.6 Å². The van der Waals surface area contributed by atoms with E-state index in [2.05, 4.69) is 44.9 Å². The number of carbonyl (C=O) groups is 1. The number of nitrogen functional groups attached to an aromatic ring is 2. The summed E-state index contributed by atoms with van der Waals surface area (Å²) in [5.41, 5.74) is 13.7. The number of aryl methyl sites for hydroxylation is 1. The third-order valence-corrected chi connectivity index (χ3v) is 6.90. The van der Waals surface area contributed by atoms with Crippen molar-refractivity contribution in [2.75, 3.05) is 24.6 Å². The fourth-order valence-corrected chi connectivity index (χ4v) is 4.74. The maximum Gasteiger partial charge on any atom is 0.280 e. The van der Waals surface area contributed by atoms with Crippen LogP contribution >= 0.6 is 11.6 Å². The minimum Gasteiger partial charge on any atom is -0.396 e. The van der Waals surface area contributed by atoms with Gasteiger partial charge in [0.1, 0.15) is 0 Å². The molecule has 3 rings (SSSR count). The Kier molecular flexibility index (Phi) is 10.1. The molecule has 1 aliphatic rings. The van der Waals surface area contributed by atoms with E-state index in [4.69, 9.17) is 33.6 Å². The number of hydrogen-bond acceptors (Lipinski definition) is 7. The summed E-state index contributed by atoms with van der Waals surface area (Å²) in [4.78, 5) is 19.8. The van der Waals surface area contributed by atoms with E-state index in [0.29, 0.717) is 19.1 Å². The number of rotatable bonds is 10. The van der Waals surface area contributed by atoms with Crippen LogP contribution in [0.1, 0.15) is 78.9 Å². The minimum absolute atomic E-state index is 0.0546. The molecule has 0 spiro atoms. The van der Waals surface area contributed by atoms with Crippen molar-refractivity contribution in [3.63, 3.8) is 0 Å². The Morgan fingerprint density at radius 1 is 1.06 bits per heavy atom. The molecule has 190 valence electrons. The van der Waals surface area contributed by atoms with Crippen molar-refractivity contribution in [2.45, 2.75) is 63.7 Å². The van der Waals surface area contributed by atoms with Gasteiger partial charge < -0.3 is 21.9 Å². The first-order chi connectivity index (χ1) is 16.9. The zero-order chi connectivity index (χ0) is 25.2. The number of anilines is 2. The first kappa shape index (κ1) is 26.7. The molecule has 0 unspecified atom stereocenters. The highest BCUT2D eigenvalue weighted by atomic mass is 35.5. The highest BCUT2D eigenvalue weighted by molar-refractivity contribution is 6.31.